The first-order valence-electron chi connectivity index (χ1n) is 6.07. The van der Waals surface area contributed by atoms with Crippen molar-refractivity contribution < 1.29 is 9.59 Å². The minimum Gasteiger partial charge on any atom is -0.358 e. The van der Waals surface area contributed by atoms with Gasteiger partial charge in [0.1, 0.15) is 4.88 Å². The predicted octanol–water partition coefficient (Wildman–Crippen LogP) is 1.01. The number of hydrogen-bond acceptors (Lipinski definition) is 4. The summed E-state index contributed by atoms with van der Waals surface area (Å²) >= 11 is 4.84. The molecular formula is C12H16BrN3O2S. The number of nitrogens with one attached hydrogen (secondary N) is 1. The minimum atomic E-state index is 0.0146. The van der Waals surface area contributed by atoms with Crippen molar-refractivity contribution in [2.24, 2.45) is 0 Å². The molecule has 0 unspecified atom stereocenters. The number of likely N-dealkylation sites (N-methyl/N-ethyl adjacent to an activating group) is 1. The van der Waals surface area contributed by atoms with Gasteiger partial charge in [0, 0.05) is 37.7 Å². The van der Waals surface area contributed by atoms with E-state index in [2.05, 4.69) is 26.1 Å². The number of piperazine rings is 1. The molecule has 0 bridgehead atoms. The number of thiophene rings is 1. The predicted molar refractivity (Wildman–Crippen MR) is 78.4 cm³/mol. The van der Waals surface area contributed by atoms with Crippen LogP contribution in [-0.2, 0) is 4.79 Å². The summed E-state index contributed by atoms with van der Waals surface area (Å²) in [5, 5.41) is 4.51. The molecule has 1 aromatic heterocycles. The molecule has 1 aliphatic heterocycles. The summed E-state index contributed by atoms with van der Waals surface area (Å²) in [4.78, 5) is 28.2. The van der Waals surface area contributed by atoms with Gasteiger partial charge in [-0.1, -0.05) is 0 Å². The number of halogens is 1. The Hall–Kier alpha value is -0.920. The Morgan fingerprint density at radius 2 is 2.05 bits per heavy atom. The summed E-state index contributed by atoms with van der Waals surface area (Å²) < 4.78 is 0.857. The van der Waals surface area contributed by atoms with Gasteiger partial charge in [-0.2, -0.15) is 0 Å². The van der Waals surface area contributed by atoms with Crippen molar-refractivity contribution in [3.05, 3.63) is 20.8 Å². The van der Waals surface area contributed by atoms with Crippen molar-refractivity contribution in [1.29, 1.82) is 0 Å². The first-order valence-corrected chi connectivity index (χ1v) is 7.74. The van der Waals surface area contributed by atoms with Crippen molar-refractivity contribution in [2.75, 3.05) is 39.8 Å². The first-order chi connectivity index (χ1) is 9.11. The van der Waals surface area contributed by atoms with Gasteiger partial charge in [0.25, 0.3) is 5.91 Å². The van der Waals surface area contributed by atoms with Crippen LogP contribution >= 0.6 is 27.3 Å². The molecule has 5 nitrogen and oxygen atoms in total. The molecule has 19 heavy (non-hydrogen) atoms. The van der Waals surface area contributed by atoms with E-state index in [0.29, 0.717) is 19.6 Å². The van der Waals surface area contributed by atoms with Crippen molar-refractivity contribution in [1.82, 2.24) is 15.1 Å². The molecule has 0 saturated carbocycles. The van der Waals surface area contributed by atoms with E-state index in [9.17, 15) is 9.59 Å². The van der Waals surface area contributed by atoms with Gasteiger partial charge < -0.3 is 10.2 Å². The van der Waals surface area contributed by atoms with Crippen LogP contribution in [0.25, 0.3) is 0 Å². The van der Waals surface area contributed by atoms with Crippen LogP contribution in [-0.4, -0.2) is 61.4 Å². The first kappa shape index (κ1) is 14.5. The number of nitrogens with zero attached hydrogens (tertiary/aromatic N) is 2. The molecule has 2 heterocycles. The van der Waals surface area contributed by atoms with Gasteiger partial charge in [0.05, 0.1) is 6.54 Å². The number of carbonyl (C=O) groups excluding carboxylic acids is 2. The summed E-state index contributed by atoms with van der Waals surface area (Å²) in [5.41, 5.74) is 0. The number of carbonyl (C=O) groups is 2. The zero-order valence-electron chi connectivity index (χ0n) is 10.7. The normalized spacial score (nSPS) is 16.4. The third kappa shape index (κ3) is 3.55. The number of rotatable bonds is 3. The summed E-state index contributed by atoms with van der Waals surface area (Å²) in [5.74, 6) is 0.0854. The summed E-state index contributed by atoms with van der Waals surface area (Å²) in [6, 6.07) is 1.89. The molecule has 104 valence electrons. The Bertz CT molecular complexity index is 469. The van der Waals surface area contributed by atoms with E-state index >= 15 is 0 Å². The van der Waals surface area contributed by atoms with E-state index in [4.69, 9.17) is 0 Å². The van der Waals surface area contributed by atoms with Crippen LogP contribution in [0.15, 0.2) is 15.9 Å². The lowest BCUT2D eigenvalue weighted by molar-refractivity contribution is -0.122. The highest BCUT2D eigenvalue weighted by molar-refractivity contribution is 9.10. The molecule has 2 amide bonds. The monoisotopic (exact) mass is 345 g/mol. The topological polar surface area (TPSA) is 52.7 Å². The van der Waals surface area contributed by atoms with Gasteiger partial charge in [-0.05, 0) is 27.4 Å². The molecule has 7 heteroatoms. The van der Waals surface area contributed by atoms with Crippen LogP contribution in [0.5, 0.6) is 0 Å². The Balaban J connectivity index is 1.88. The second kappa shape index (κ2) is 6.49. The van der Waals surface area contributed by atoms with Gasteiger partial charge in [-0.15, -0.1) is 11.3 Å². The van der Waals surface area contributed by atoms with Crippen LogP contribution in [0, 0.1) is 0 Å². The van der Waals surface area contributed by atoms with Gasteiger partial charge in [-0.25, -0.2) is 0 Å². The molecular weight excluding hydrogens is 330 g/mol. The molecule has 0 atom stereocenters. The largest absolute Gasteiger partial charge is 0.358 e. The van der Waals surface area contributed by atoms with E-state index in [1.807, 2.05) is 16.3 Å². The zero-order chi connectivity index (χ0) is 13.8. The highest BCUT2D eigenvalue weighted by Crippen LogP contribution is 2.24. The molecule has 0 spiro atoms. The summed E-state index contributed by atoms with van der Waals surface area (Å²) in [6.45, 7) is 3.21. The molecule has 1 aliphatic rings. The van der Waals surface area contributed by atoms with Crippen molar-refractivity contribution in [2.45, 2.75) is 0 Å². The highest BCUT2D eigenvalue weighted by Gasteiger charge is 2.24. The average Bonchev–Trinajstić information content (AvgIpc) is 2.85. The molecule has 2 rings (SSSR count). The minimum absolute atomic E-state index is 0.0146. The third-order valence-corrected chi connectivity index (χ3v) is 4.94. The van der Waals surface area contributed by atoms with Crippen molar-refractivity contribution in [3.8, 4) is 0 Å². The maximum Gasteiger partial charge on any atom is 0.265 e. The lowest BCUT2D eigenvalue weighted by Crippen LogP contribution is -2.50. The second-order valence-electron chi connectivity index (χ2n) is 4.34. The fourth-order valence-electron chi connectivity index (χ4n) is 1.98. The fraction of sp³-hybridized carbons (Fsp3) is 0.500. The summed E-state index contributed by atoms with van der Waals surface area (Å²) in [6.07, 6.45) is 0. The second-order valence-corrected chi connectivity index (χ2v) is 6.11. The quantitative estimate of drug-likeness (QED) is 0.889. The molecule has 1 fully saturated rings. The third-order valence-electron chi connectivity index (χ3n) is 3.12. The van der Waals surface area contributed by atoms with Crippen molar-refractivity contribution >= 4 is 39.1 Å². The van der Waals surface area contributed by atoms with E-state index in [-0.39, 0.29) is 11.8 Å². The van der Waals surface area contributed by atoms with E-state index in [1.54, 1.807) is 7.05 Å². The molecule has 0 aliphatic carbocycles. The molecule has 1 aromatic rings. The molecule has 0 radical (unpaired) electrons. The van der Waals surface area contributed by atoms with E-state index in [0.717, 1.165) is 22.4 Å². The summed E-state index contributed by atoms with van der Waals surface area (Å²) in [7, 11) is 1.64. The number of amides is 2. The molecule has 1 N–H and O–H groups in total. The maximum absolute atomic E-state index is 12.3. The highest BCUT2D eigenvalue weighted by atomic mass is 79.9. The Morgan fingerprint density at radius 3 is 2.58 bits per heavy atom. The average molecular weight is 346 g/mol. The Labute approximate surface area is 124 Å². The van der Waals surface area contributed by atoms with Crippen molar-refractivity contribution in [3.63, 3.8) is 0 Å². The Morgan fingerprint density at radius 1 is 1.37 bits per heavy atom. The van der Waals surface area contributed by atoms with Crippen LogP contribution in [0.2, 0.25) is 0 Å². The fourth-order valence-corrected chi connectivity index (χ4v) is 3.49. The molecule has 1 saturated heterocycles. The lowest BCUT2D eigenvalue weighted by atomic mass is 10.3. The van der Waals surface area contributed by atoms with E-state index < -0.39 is 0 Å². The zero-order valence-corrected chi connectivity index (χ0v) is 13.1. The van der Waals surface area contributed by atoms with Crippen LogP contribution in [0.3, 0.4) is 0 Å². The van der Waals surface area contributed by atoms with Gasteiger partial charge in [-0.3, -0.25) is 14.5 Å². The van der Waals surface area contributed by atoms with Crippen LogP contribution in [0.1, 0.15) is 9.67 Å². The van der Waals surface area contributed by atoms with E-state index in [1.165, 1.54) is 11.3 Å². The van der Waals surface area contributed by atoms with Crippen LogP contribution in [0.4, 0.5) is 0 Å². The van der Waals surface area contributed by atoms with Crippen LogP contribution < -0.4 is 5.32 Å². The molecule has 0 aromatic carbocycles. The Kier molecular flexibility index (Phi) is 4.95. The standard InChI is InChI=1S/C12H16BrN3O2S/c1-14-10(17)8-15-3-5-16(6-4-15)12(18)11-9(13)2-7-19-11/h2,7H,3-6,8H2,1H3,(H,14,17). The lowest BCUT2D eigenvalue weighted by Gasteiger charge is -2.34. The number of hydrogen-bond donors (Lipinski definition) is 1. The van der Waals surface area contributed by atoms with Gasteiger partial charge in [0.15, 0.2) is 0 Å². The SMILES string of the molecule is CNC(=O)CN1CCN(C(=O)c2sccc2Br)CC1. The smallest absolute Gasteiger partial charge is 0.265 e. The van der Waals surface area contributed by atoms with Gasteiger partial charge >= 0.3 is 0 Å². The maximum atomic E-state index is 12.3. The van der Waals surface area contributed by atoms with Gasteiger partial charge in [0.2, 0.25) is 5.91 Å².